The number of imide groups is 1. The SMILES string of the molecule is CC1(c2ccccc2)NC(=O)N(C2c3n[nH]c(=O)c4cc(F)cc(c34)NC2c2ccc(F)cc2)C1=O. The van der Waals surface area contributed by atoms with Crippen molar-refractivity contribution < 1.29 is 18.4 Å². The normalized spacial score (nSPS) is 23.0. The van der Waals surface area contributed by atoms with Gasteiger partial charge in [-0.2, -0.15) is 5.10 Å². The van der Waals surface area contributed by atoms with Crippen molar-refractivity contribution in [2.75, 3.05) is 5.32 Å². The lowest BCUT2D eigenvalue weighted by atomic mass is 9.87. The third-order valence-corrected chi connectivity index (χ3v) is 6.87. The van der Waals surface area contributed by atoms with Crippen LogP contribution in [-0.2, 0) is 10.3 Å². The predicted molar refractivity (Wildman–Crippen MR) is 127 cm³/mol. The smallest absolute Gasteiger partial charge is 0.326 e. The minimum atomic E-state index is -1.35. The number of anilines is 1. The van der Waals surface area contributed by atoms with E-state index >= 15 is 0 Å². The maximum atomic E-state index is 14.4. The molecule has 3 N–H and O–H groups in total. The lowest BCUT2D eigenvalue weighted by Gasteiger charge is -2.38. The van der Waals surface area contributed by atoms with Crippen molar-refractivity contribution in [1.82, 2.24) is 20.4 Å². The monoisotopic (exact) mass is 487 g/mol. The molecule has 6 rings (SSSR count). The summed E-state index contributed by atoms with van der Waals surface area (Å²) in [6.07, 6.45) is 0. The Morgan fingerprint density at radius 3 is 2.39 bits per heavy atom. The summed E-state index contributed by atoms with van der Waals surface area (Å²) in [5, 5.41) is 12.9. The number of aromatic amines is 1. The van der Waals surface area contributed by atoms with Crippen LogP contribution in [0.3, 0.4) is 0 Å². The van der Waals surface area contributed by atoms with Gasteiger partial charge in [-0.1, -0.05) is 42.5 Å². The molecule has 8 nitrogen and oxygen atoms in total. The van der Waals surface area contributed by atoms with Crippen LogP contribution in [0.25, 0.3) is 10.8 Å². The van der Waals surface area contributed by atoms with Crippen LogP contribution in [0.2, 0.25) is 0 Å². The Morgan fingerprint density at radius 1 is 0.944 bits per heavy atom. The molecule has 0 bridgehead atoms. The average molecular weight is 487 g/mol. The average Bonchev–Trinajstić information content (AvgIpc) is 3.10. The molecule has 0 spiro atoms. The molecule has 3 amide bonds. The first-order valence-electron chi connectivity index (χ1n) is 11.2. The lowest BCUT2D eigenvalue weighted by Crippen LogP contribution is -2.44. The van der Waals surface area contributed by atoms with E-state index in [2.05, 4.69) is 20.8 Å². The zero-order valence-corrected chi connectivity index (χ0v) is 18.9. The number of hydrogen-bond acceptors (Lipinski definition) is 5. The Kier molecular flexibility index (Phi) is 4.69. The second kappa shape index (κ2) is 7.70. The van der Waals surface area contributed by atoms with Gasteiger partial charge in [0, 0.05) is 11.1 Å². The van der Waals surface area contributed by atoms with Gasteiger partial charge in [0.15, 0.2) is 0 Å². The van der Waals surface area contributed by atoms with Gasteiger partial charge < -0.3 is 10.6 Å². The first-order valence-corrected chi connectivity index (χ1v) is 11.2. The van der Waals surface area contributed by atoms with Gasteiger partial charge in [0.1, 0.15) is 23.2 Å². The molecule has 1 saturated heterocycles. The fraction of sp³-hybridized carbons (Fsp3) is 0.154. The van der Waals surface area contributed by atoms with Gasteiger partial charge in [-0.3, -0.25) is 14.5 Å². The van der Waals surface area contributed by atoms with Crippen LogP contribution in [0.15, 0.2) is 71.5 Å². The fourth-order valence-corrected chi connectivity index (χ4v) is 5.11. The molecule has 180 valence electrons. The summed E-state index contributed by atoms with van der Waals surface area (Å²) in [7, 11) is 0. The lowest BCUT2D eigenvalue weighted by molar-refractivity contribution is -0.133. The molecule has 2 aliphatic rings. The van der Waals surface area contributed by atoms with Crippen molar-refractivity contribution in [3.8, 4) is 0 Å². The van der Waals surface area contributed by atoms with Crippen molar-refractivity contribution in [2.24, 2.45) is 0 Å². The molecule has 0 aliphatic carbocycles. The number of aromatic nitrogens is 2. The summed E-state index contributed by atoms with van der Waals surface area (Å²) in [5.41, 5.74) is -0.339. The van der Waals surface area contributed by atoms with E-state index in [1.807, 2.05) is 0 Å². The highest BCUT2D eigenvalue weighted by atomic mass is 19.1. The van der Waals surface area contributed by atoms with E-state index in [-0.39, 0.29) is 16.8 Å². The van der Waals surface area contributed by atoms with Crippen LogP contribution in [-0.4, -0.2) is 27.0 Å². The molecule has 3 atom stereocenters. The van der Waals surface area contributed by atoms with E-state index in [0.717, 1.165) is 11.0 Å². The molecule has 0 saturated carbocycles. The van der Waals surface area contributed by atoms with E-state index in [9.17, 15) is 23.2 Å². The van der Waals surface area contributed by atoms with Gasteiger partial charge in [-0.05, 0) is 42.3 Å². The van der Waals surface area contributed by atoms with Gasteiger partial charge in [0.05, 0.1) is 17.1 Å². The molecule has 4 aromatic rings. The zero-order chi connectivity index (χ0) is 25.2. The molecule has 3 aromatic carbocycles. The molecule has 10 heteroatoms. The minimum Gasteiger partial charge on any atom is -0.375 e. The Morgan fingerprint density at radius 2 is 1.67 bits per heavy atom. The van der Waals surface area contributed by atoms with Gasteiger partial charge in [-0.25, -0.2) is 18.7 Å². The number of rotatable bonds is 3. The Bertz CT molecular complexity index is 1610. The largest absolute Gasteiger partial charge is 0.375 e. The quantitative estimate of drug-likeness (QED) is 0.380. The molecule has 2 aliphatic heterocycles. The van der Waals surface area contributed by atoms with Crippen molar-refractivity contribution in [1.29, 1.82) is 0 Å². The maximum absolute atomic E-state index is 14.4. The van der Waals surface area contributed by atoms with Gasteiger partial charge in [0.2, 0.25) is 0 Å². The van der Waals surface area contributed by atoms with Crippen LogP contribution < -0.4 is 16.2 Å². The Labute approximate surface area is 202 Å². The van der Waals surface area contributed by atoms with Crippen molar-refractivity contribution in [3.05, 3.63) is 106 Å². The zero-order valence-electron chi connectivity index (χ0n) is 18.9. The Hall–Kier alpha value is -4.60. The molecule has 3 unspecified atom stereocenters. The van der Waals surface area contributed by atoms with Crippen LogP contribution >= 0.6 is 0 Å². The van der Waals surface area contributed by atoms with Gasteiger partial charge in [-0.15, -0.1) is 0 Å². The number of nitrogens with one attached hydrogen (secondary N) is 3. The van der Waals surface area contributed by atoms with E-state index in [1.54, 1.807) is 37.3 Å². The summed E-state index contributed by atoms with van der Waals surface area (Å²) in [6, 6.07) is 14.2. The molecule has 3 heterocycles. The number of benzene rings is 3. The molecule has 1 fully saturated rings. The number of carbonyl (C=O) groups is 2. The molecular formula is C26H19F2N5O3. The number of halogens is 2. The summed E-state index contributed by atoms with van der Waals surface area (Å²) in [6.45, 7) is 1.62. The highest BCUT2D eigenvalue weighted by molar-refractivity contribution is 6.08. The first-order chi connectivity index (χ1) is 17.3. The van der Waals surface area contributed by atoms with Crippen LogP contribution in [0.1, 0.15) is 35.8 Å². The third-order valence-electron chi connectivity index (χ3n) is 6.87. The standard InChI is InChI=1S/C26H19F2N5O3/c1-26(14-5-3-2-4-6-14)24(35)33(25(36)30-26)22-20(13-7-9-15(27)10-8-13)29-18-12-16(28)11-17-19(18)21(22)31-32-23(17)34/h2-12,20,22,29H,1H3,(H,30,36)(H,32,34). The van der Waals surface area contributed by atoms with Crippen molar-refractivity contribution in [2.45, 2.75) is 24.5 Å². The number of carbonyl (C=O) groups excluding carboxylic acids is 2. The summed E-state index contributed by atoms with van der Waals surface area (Å²) in [5.74, 6) is -1.63. The highest BCUT2D eigenvalue weighted by Crippen LogP contribution is 2.47. The van der Waals surface area contributed by atoms with E-state index in [1.165, 1.54) is 30.3 Å². The Balaban J connectivity index is 1.58. The van der Waals surface area contributed by atoms with Gasteiger partial charge in [0.25, 0.3) is 11.5 Å². The molecule has 0 radical (unpaired) electrons. The highest BCUT2D eigenvalue weighted by Gasteiger charge is 2.54. The van der Waals surface area contributed by atoms with Crippen molar-refractivity contribution >= 4 is 28.4 Å². The predicted octanol–water partition coefficient (Wildman–Crippen LogP) is 3.88. The molecule has 36 heavy (non-hydrogen) atoms. The van der Waals surface area contributed by atoms with Crippen LogP contribution in [0.5, 0.6) is 0 Å². The van der Waals surface area contributed by atoms with Crippen molar-refractivity contribution in [3.63, 3.8) is 0 Å². The summed E-state index contributed by atoms with van der Waals surface area (Å²) >= 11 is 0. The fourth-order valence-electron chi connectivity index (χ4n) is 5.11. The van der Waals surface area contributed by atoms with Crippen LogP contribution in [0.4, 0.5) is 19.3 Å². The van der Waals surface area contributed by atoms with E-state index in [4.69, 9.17) is 0 Å². The number of amides is 3. The summed E-state index contributed by atoms with van der Waals surface area (Å²) in [4.78, 5) is 40.9. The van der Waals surface area contributed by atoms with Crippen LogP contribution in [0, 0.1) is 11.6 Å². The second-order valence-electron chi connectivity index (χ2n) is 9.03. The second-order valence-corrected chi connectivity index (χ2v) is 9.03. The third kappa shape index (κ3) is 3.10. The summed E-state index contributed by atoms with van der Waals surface area (Å²) < 4.78 is 28.2. The molecular weight excluding hydrogens is 468 g/mol. The van der Waals surface area contributed by atoms with E-state index < -0.39 is 46.8 Å². The number of H-pyrrole nitrogens is 1. The minimum absolute atomic E-state index is 0.0305. The van der Waals surface area contributed by atoms with Gasteiger partial charge >= 0.3 is 6.03 Å². The maximum Gasteiger partial charge on any atom is 0.326 e. The van der Waals surface area contributed by atoms with E-state index in [0.29, 0.717) is 16.5 Å². The topological polar surface area (TPSA) is 107 Å². The number of urea groups is 1. The first kappa shape index (κ1) is 21.9. The number of nitrogens with zero attached hydrogens (tertiary/aromatic N) is 2. The molecule has 1 aromatic heterocycles. The number of hydrogen-bond donors (Lipinski definition) is 3.